The van der Waals surface area contributed by atoms with Gasteiger partial charge in [0.15, 0.2) is 10.6 Å². The third-order valence-electron chi connectivity index (χ3n) is 4.90. The Morgan fingerprint density at radius 1 is 1.26 bits per heavy atom. The lowest BCUT2D eigenvalue weighted by molar-refractivity contribution is -0.122. The summed E-state index contributed by atoms with van der Waals surface area (Å²) in [5.74, 6) is 1.15. The summed E-state index contributed by atoms with van der Waals surface area (Å²) in [6.07, 6.45) is 2.30. The number of carbonyl (C=O) groups excluding carboxylic acids is 1. The van der Waals surface area contributed by atoms with Gasteiger partial charge in [-0.3, -0.25) is 14.5 Å². The SMILES string of the molecule is Cc1cccc(-c2n[nH]c(=S)n2CC(=O)NC(c2ccccc2)C2CC2)c1. The fraction of sp³-hybridized carbons (Fsp3) is 0.286. The van der Waals surface area contributed by atoms with Crippen LogP contribution in [0, 0.1) is 17.6 Å². The molecule has 6 heteroatoms. The van der Waals surface area contributed by atoms with E-state index >= 15 is 0 Å². The number of amides is 1. The number of aromatic amines is 1. The zero-order valence-corrected chi connectivity index (χ0v) is 16.0. The number of aryl methyl sites for hydroxylation is 1. The van der Waals surface area contributed by atoms with Gasteiger partial charge in [0, 0.05) is 5.56 Å². The molecule has 1 aliphatic carbocycles. The van der Waals surface area contributed by atoms with Crippen LogP contribution in [0.2, 0.25) is 0 Å². The molecule has 0 spiro atoms. The van der Waals surface area contributed by atoms with Gasteiger partial charge in [0.2, 0.25) is 5.91 Å². The molecular formula is C21H22N4OS. The lowest BCUT2D eigenvalue weighted by atomic mass is 10.0. The zero-order chi connectivity index (χ0) is 18.8. The highest BCUT2D eigenvalue weighted by atomic mass is 32.1. The van der Waals surface area contributed by atoms with Crippen molar-refractivity contribution < 1.29 is 4.79 Å². The van der Waals surface area contributed by atoms with Crippen LogP contribution < -0.4 is 5.32 Å². The first-order valence-corrected chi connectivity index (χ1v) is 9.59. The molecule has 1 heterocycles. The molecule has 5 nitrogen and oxygen atoms in total. The van der Waals surface area contributed by atoms with E-state index in [9.17, 15) is 4.79 Å². The first-order valence-electron chi connectivity index (χ1n) is 9.18. The summed E-state index contributed by atoms with van der Waals surface area (Å²) in [6, 6.07) is 18.2. The Morgan fingerprint density at radius 2 is 2.04 bits per heavy atom. The van der Waals surface area contributed by atoms with Crippen LogP contribution in [0.25, 0.3) is 11.4 Å². The highest BCUT2D eigenvalue weighted by Crippen LogP contribution is 2.40. The number of rotatable bonds is 6. The molecule has 1 amide bonds. The van der Waals surface area contributed by atoms with Gasteiger partial charge in [-0.15, -0.1) is 0 Å². The molecule has 0 aliphatic heterocycles. The smallest absolute Gasteiger partial charge is 0.240 e. The number of benzene rings is 2. The number of aromatic nitrogens is 3. The van der Waals surface area contributed by atoms with E-state index in [1.54, 1.807) is 4.57 Å². The maximum atomic E-state index is 12.8. The van der Waals surface area contributed by atoms with Crippen molar-refractivity contribution in [2.24, 2.45) is 5.92 Å². The van der Waals surface area contributed by atoms with E-state index in [0.717, 1.165) is 29.5 Å². The van der Waals surface area contributed by atoms with Crippen LogP contribution in [0.5, 0.6) is 0 Å². The minimum absolute atomic E-state index is 0.0536. The van der Waals surface area contributed by atoms with Crippen LogP contribution in [-0.4, -0.2) is 20.7 Å². The molecule has 1 fully saturated rings. The summed E-state index contributed by atoms with van der Waals surface area (Å²) in [5, 5.41) is 10.4. The molecule has 0 radical (unpaired) electrons. The Kier molecular flexibility index (Phi) is 4.90. The quantitative estimate of drug-likeness (QED) is 0.633. The number of nitrogens with zero attached hydrogens (tertiary/aromatic N) is 2. The second kappa shape index (κ2) is 7.48. The van der Waals surface area contributed by atoms with E-state index in [1.165, 1.54) is 0 Å². The topological polar surface area (TPSA) is 62.7 Å². The molecular weight excluding hydrogens is 356 g/mol. The Bertz CT molecular complexity index is 1000. The Labute approximate surface area is 163 Å². The standard InChI is InChI=1S/C21H22N4OS/c1-14-6-5-9-17(12-14)20-23-24-21(27)25(20)13-18(26)22-19(16-10-11-16)15-7-3-2-4-8-15/h2-9,12,16,19H,10-11,13H2,1H3,(H,22,26)(H,24,27). The molecule has 1 atom stereocenters. The predicted octanol–water partition coefficient (Wildman–Crippen LogP) is 4.18. The minimum Gasteiger partial charge on any atom is -0.347 e. The minimum atomic E-state index is -0.0536. The lowest BCUT2D eigenvalue weighted by Crippen LogP contribution is -2.33. The summed E-state index contributed by atoms with van der Waals surface area (Å²) in [5.41, 5.74) is 3.23. The van der Waals surface area contributed by atoms with Gasteiger partial charge >= 0.3 is 0 Å². The molecule has 138 valence electrons. The molecule has 27 heavy (non-hydrogen) atoms. The van der Waals surface area contributed by atoms with Gasteiger partial charge in [0.1, 0.15) is 6.54 Å². The molecule has 2 aromatic carbocycles. The maximum absolute atomic E-state index is 12.8. The van der Waals surface area contributed by atoms with Crippen molar-refractivity contribution >= 4 is 18.1 Å². The molecule has 3 aromatic rings. The van der Waals surface area contributed by atoms with E-state index in [1.807, 2.05) is 49.4 Å². The van der Waals surface area contributed by atoms with Crippen molar-refractivity contribution in [2.45, 2.75) is 32.4 Å². The lowest BCUT2D eigenvalue weighted by Gasteiger charge is -2.19. The highest BCUT2D eigenvalue weighted by molar-refractivity contribution is 7.71. The van der Waals surface area contributed by atoms with Crippen LogP contribution in [0.3, 0.4) is 0 Å². The summed E-state index contributed by atoms with van der Waals surface area (Å²) >= 11 is 5.36. The van der Waals surface area contributed by atoms with Crippen molar-refractivity contribution in [1.82, 2.24) is 20.1 Å². The fourth-order valence-corrected chi connectivity index (χ4v) is 3.59. The molecule has 1 saturated carbocycles. The molecule has 0 saturated heterocycles. The Morgan fingerprint density at radius 3 is 2.74 bits per heavy atom. The van der Waals surface area contributed by atoms with Crippen LogP contribution in [-0.2, 0) is 11.3 Å². The number of hydrogen-bond donors (Lipinski definition) is 2. The molecule has 4 rings (SSSR count). The van der Waals surface area contributed by atoms with Gasteiger partial charge in [-0.2, -0.15) is 5.10 Å². The van der Waals surface area contributed by atoms with Gasteiger partial charge in [-0.25, -0.2) is 0 Å². The summed E-state index contributed by atoms with van der Waals surface area (Å²) < 4.78 is 2.21. The van der Waals surface area contributed by atoms with Gasteiger partial charge in [-0.1, -0.05) is 54.1 Å². The maximum Gasteiger partial charge on any atom is 0.240 e. The first kappa shape index (κ1) is 17.7. The van der Waals surface area contributed by atoms with Gasteiger partial charge in [0.25, 0.3) is 0 Å². The van der Waals surface area contributed by atoms with Crippen molar-refractivity contribution in [2.75, 3.05) is 0 Å². The second-order valence-electron chi connectivity index (χ2n) is 7.10. The van der Waals surface area contributed by atoms with E-state index < -0.39 is 0 Å². The van der Waals surface area contributed by atoms with Crippen LogP contribution >= 0.6 is 12.2 Å². The Balaban J connectivity index is 1.55. The van der Waals surface area contributed by atoms with Gasteiger partial charge in [0.05, 0.1) is 6.04 Å². The van der Waals surface area contributed by atoms with E-state index in [-0.39, 0.29) is 18.5 Å². The van der Waals surface area contributed by atoms with Crippen LogP contribution in [0.15, 0.2) is 54.6 Å². The van der Waals surface area contributed by atoms with Crippen molar-refractivity contribution in [1.29, 1.82) is 0 Å². The third-order valence-corrected chi connectivity index (χ3v) is 5.22. The molecule has 2 N–H and O–H groups in total. The monoisotopic (exact) mass is 378 g/mol. The number of nitrogens with one attached hydrogen (secondary N) is 2. The molecule has 1 unspecified atom stereocenters. The van der Waals surface area contributed by atoms with Crippen LogP contribution in [0.4, 0.5) is 0 Å². The average Bonchev–Trinajstić information content (AvgIpc) is 3.45. The molecule has 1 aliphatic rings. The molecule has 1 aromatic heterocycles. The highest BCUT2D eigenvalue weighted by Gasteiger charge is 2.33. The van der Waals surface area contributed by atoms with Crippen LogP contribution in [0.1, 0.15) is 30.0 Å². The van der Waals surface area contributed by atoms with E-state index in [4.69, 9.17) is 12.2 Å². The predicted molar refractivity (Wildman–Crippen MR) is 108 cm³/mol. The van der Waals surface area contributed by atoms with Gasteiger partial charge < -0.3 is 5.32 Å². The third kappa shape index (κ3) is 4.01. The van der Waals surface area contributed by atoms with Crippen molar-refractivity contribution in [3.05, 3.63) is 70.5 Å². The van der Waals surface area contributed by atoms with E-state index in [2.05, 4.69) is 27.6 Å². The normalized spacial score (nSPS) is 14.7. The second-order valence-corrected chi connectivity index (χ2v) is 7.49. The average molecular weight is 379 g/mol. The largest absolute Gasteiger partial charge is 0.347 e. The summed E-state index contributed by atoms with van der Waals surface area (Å²) in [7, 11) is 0. The Hall–Kier alpha value is -2.73. The first-order chi connectivity index (χ1) is 13.1. The molecule has 0 bridgehead atoms. The summed E-state index contributed by atoms with van der Waals surface area (Å²) in [6.45, 7) is 2.18. The zero-order valence-electron chi connectivity index (χ0n) is 15.2. The van der Waals surface area contributed by atoms with E-state index in [0.29, 0.717) is 16.5 Å². The van der Waals surface area contributed by atoms with Crippen molar-refractivity contribution in [3.8, 4) is 11.4 Å². The number of H-pyrrole nitrogens is 1. The fourth-order valence-electron chi connectivity index (χ4n) is 3.39. The van der Waals surface area contributed by atoms with Gasteiger partial charge in [-0.05, 0) is 49.5 Å². The summed E-state index contributed by atoms with van der Waals surface area (Å²) in [4.78, 5) is 12.8. The number of carbonyl (C=O) groups is 1. The number of hydrogen-bond acceptors (Lipinski definition) is 3. The van der Waals surface area contributed by atoms with Crippen molar-refractivity contribution in [3.63, 3.8) is 0 Å².